The van der Waals surface area contributed by atoms with Crippen molar-refractivity contribution in [3.05, 3.63) is 0 Å². The van der Waals surface area contributed by atoms with Crippen LogP contribution in [0.5, 0.6) is 0 Å². The Labute approximate surface area is 121 Å². The van der Waals surface area contributed by atoms with Crippen LogP contribution in [-0.2, 0) is 14.3 Å². The van der Waals surface area contributed by atoms with Gasteiger partial charge in [-0.2, -0.15) is 0 Å². The van der Waals surface area contributed by atoms with Gasteiger partial charge in [0.2, 0.25) is 5.91 Å². The van der Waals surface area contributed by atoms with Crippen molar-refractivity contribution in [2.45, 2.75) is 65.0 Å². The molecule has 1 aliphatic rings. The zero-order chi connectivity index (χ0) is 15.1. The van der Waals surface area contributed by atoms with Crippen LogP contribution in [0.2, 0.25) is 0 Å². The summed E-state index contributed by atoms with van der Waals surface area (Å²) in [6, 6.07) is -0.649. The molecule has 1 heterocycles. The van der Waals surface area contributed by atoms with E-state index in [0.29, 0.717) is 25.5 Å². The van der Waals surface area contributed by atoms with E-state index in [4.69, 9.17) is 9.84 Å². The first-order valence-electron chi connectivity index (χ1n) is 7.55. The van der Waals surface area contributed by atoms with E-state index < -0.39 is 12.0 Å². The number of rotatable bonds is 7. The van der Waals surface area contributed by atoms with E-state index in [1.54, 1.807) is 0 Å². The lowest BCUT2D eigenvalue weighted by atomic mass is 10.0. The predicted molar refractivity (Wildman–Crippen MR) is 76.5 cm³/mol. The molecule has 0 bridgehead atoms. The van der Waals surface area contributed by atoms with E-state index in [9.17, 15) is 9.59 Å². The van der Waals surface area contributed by atoms with E-state index in [2.05, 4.69) is 13.8 Å². The van der Waals surface area contributed by atoms with Crippen molar-refractivity contribution in [1.29, 1.82) is 0 Å². The molecule has 0 radical (unpaired) electrons. The number of carbonyl (C=O) groups excluding carboxylic acids is 1. The number of nitrogens with zero attached hydrogens (tertiary/aromatic N) is 1. The molecule has 0 aromatic heterocycles. The van der Waals surface area contributed by atoms with Crippen LogP contribution in [0.3, 0.4) is 0 Å². The standard InChI is InChI=1S/C15H27NO4/c1-11(2)10-12(3)20-9-7-14(17)16-8-5-4-6-13(16)15(18)19/h11-13H,4-10H2,1-3H3,(H,18,19). The Morgan fingerprint density at radius 1 is 1.30 bits per heavy atom. The molecular formula is C15H27NO4. The van der Waals surface area contributed by atoms with Gasteiger partial charge >= 0.3 is 5.97 Å². The van der Waals surface area contributed by atoms with Gasteiger partial charge in [-0.25, -0.2) is 4.79 Å². The zero-order valence-electron chi connectivity index (χ0n) is 12.8. The summed E-state index contributed by atoms with van der Waals surface area (Å²) in [5, 5.41) is 9.15. The summed E-state index contributed by atoms with van der Waals surface area (Å²) in [6.45, 7) is 7.20. The Morgan fingerprint density at radius 2 is 2.00 bits per heavy atom. The number of carboxylic acids is 1. The number of piperidine rings is 1. The first kappa shape index (κ1) is 17.0. The molecular weight excluding hydrogens is 258 g/mol. The minimum atomic E-state index is -0.896. The number of amides is 1. The average molecular weight is 285 g/mol. The molecule has 1 rings (SSSR count). The molecule has 1 fully saturated rings. The lowest BCUT2D eigenvalue weighted by molar-refractivity contribution is -0.152. The molecule has 0 spiro atoms. The van der Waals surface area contributed by atoms with Gasteiger partial charge in [-0.3, -0.25) is 4.79 Å². The average Bonchev–Trinajstić information content (AvgIpc) is 2.37. The number of likely N-dealkylation sites (tertiary alicyclic amines) is 1. The molecule has 116 valence electrons. The molecule has 5 nitrogen and oxygen atoms in total. The molecule has 0 aromatic carbocycles. The van der Waals surface area contributed by atoms with Gasteiger partial charge < -0.3 is 14.7 Å². The van der Waals surface area contributed by atoms with Crippen molar-refractivity contribution in [3.63, 3.8) is 0 Å². The van der Waals surface area contributed by atoms with Gasteiger partial charge in [-0.1, -0.05) is 13.8 Å². The highest BCUT2D eigenvalue weighted by molar-refractivity contribution is 5.83. The lowest BCUT2D eigenvalue weighted by Gasteiger charge is -2.33. The third-order valence-corrected chi connectivity index (χ3v) is 3.63. The molecule has 0 saturated carbocycles. The second kappa shape index (κ2) is 8.25. The van der Waals surface area contributed by atoms with E-state index in [-0.39, 0.29) is 18.4 Å². The fraction of sp³-hybridized carbons (Fsp3) is 0.867. The Bertz CT molecular complexity index is 330. The lowest BCUT2D eigenvalue weighted by Crippen LogP contribution is -2.48. The van der Waals surface area contributed by atoms with Crippen LogP contribution in [0.1, 0.15) is 52.9 Å². The number of carbonyl (C=O) groups is 2. The molecule has 1 amide bonds. The highest BCUT2D eigenvalue weighted by Crippen LogP contribution is 2.18. The van der Waals surface area contributed by atoms with Gasteiger partial charge in [-0.05, 0) is 38.5 Å². The van der Waals surface area contributed by atoms with Crippen LogP contribution in [-0.4, -0.2) is 47.2 Å². The van der Waals surface area contributed by atoms with Crippen LogP contribution < -0.4 is 0 Å². The summed E-state index contributed by atoms with van der Waals surface area (Å²) >= 11 is 0. The quantitative estimate of drug-likeness (QED) is 0.779. The molecule has 2 atom stereocenters. The maximum absolute atomic E-state index is 12.1. The molecule has 0 aliphatic carbocycles. The molecule has 1 aliphatic heterocycles. The molecule has 1 N–H and O–H groups in total. The summed E-state index contributed by atoms with van der Waals surface area (Å²) in [7, 11) is 0. The van der Waals surface area contributed by atoms with E-state index in [0.717, 1.165) is 19.3 Å². The molecule has 1 saturated heterocycles. The summed E-state index contributed by atoms with van der Waals surface area (Å²) < 4.78 is 5.62. The summed E-state index contributed by atoms with van der Waals surface area (Å²) in [5.74, 6) is -0.430. The van der Waals surface area contributed by atoms with Crippen molar-refractivity contribution < 1.29 is 19.4 Å². The predicted octanol–water partition coefficient (Wildman–Crippen LogP) is 2.29. The van der Waals surface area contributed by atoms with Crippen LogP contribution >= 0.6 is 0 Å². The highest BCUT2D eigenvalue weighted by atomic mass is 16.5. The molecule has 0 aromatic rings. The van der Waals surface area contributed by atoms with E-state index in [1.807, 2.05) is 6.92 Å². The van der Waals surface area contributed by atoms with Crippen LogP contribution in [0.15, 0.2) is 0 Å². The van der Waals surface area contributed by atoms with Gasteiger partial charge in [0.25, 0.3) is 0 Å². The fourth-order valence-electron chi connectivity index (χ4n) is 2.71. The van der Waals surface area contributed by atoms with Crippen molar-refractivity contribution in [3.8, 4) is 0 Å². The minimum Gasteiger partial charge on any atom is -0.480 e. The zero-order valence-corrected chi connectivity index (χ0v) is 12.8. The number of ether oxygens (including phenoxy) is 1. The summed E-state index contributed by atoms with van der Waals surface area (Å²) in [4.78, 5) is 24.7. The first-order chi connectivity index (χ1) is 9.41. The Hall–Kier alpha value is -1.10. The maximum atomic E-state index is 12.1. The topological polar surface area (TPSA) is 66.8 Å². The van der Waals surface area contributed by atoms with Crippen molar-refractivity contribution in [1.82, 2.24) is 4.90 Å². The third kappa shape index (κ3) is 5.49. The maximum Gasteiger partial charge on any atom is 0.326 e. The highest BCUT2D eigenvalue weighted by Gasteiger charge is 2.31. The van der Waals surface area contributed by atoms with Crippen LogP contribution in [0.25, 0.3) is 0 Å². The minimum absolute atomic E-state index is 0.103. The fourth-order valence-corrected chi connectivity index (χ4v) is 2.71. The Balaban J connectivity index is 2.35. The summed E-state index contributed by atoms with van der Waals surface area (Å²) in [5.41, 5.74) is 0. The molecule has 2 unspecified atom stereocenters. The van der Waals surface area contributed by atoms with Crippen molar-refractivity contribution in [2.24, 2.45) is 5.92 Å². The summed E-state index contributed by atoms with van der Waals surface area (Å²) in [6.07, 6.45) is 3.70. The van der Waals surface area contributed by atoms with Crippen molar-refractivity contribution in [2.75, 3.05) is 13.2 Å². The first-order valence-corrected chi connectivity index (χ1v) is 7.55. The number of hydrogen-bond donors (Lipinski definition) is 1. The van der Waals surface area contributed by atoms with Gasteiger partial charge in [0.1, 0.15) is 6.04 Å². The van der Waals surface area contributed by atoms with E-state index in [1.165, 1.54) is 4.90 Å². The van der Waals surface area contributed by atoms with Crippen molar-refractivity contribution >= 4 is 11.9 Å². The monoisotopic (exact) mass is 285 g/mol. The smallest absolute Gasteiger partial charge is 0.326 e. The van der Waals surface area contributed by atoms with E-state index >= 15 is 0 Å². The Morgan fingerprint density at radius 3 is 2.60 bits per heavy atom. The second-order valence-electron chi connectivity index (χ2n) is 6.00. The van der Waals surface area contributed by atoms with Gasteiger partial charge in [0.05, 0.1) is 19.1 Å². The number of carboxylic acid groups (broad SMARTS) is 1. The number of hydrogen-bond acceptors (Lipinski definition) is 3. The second-order valence-corrected chi connectivity index (χ2v) is 6.00. The molecule has 20 heavy (non-hydrogen) atoms. The third-order valence-electron chi connectivity index (χ3n) is 3.63. The molecule has 5 heteroatoms. The van der Waals surface area contributed by atoms with Crippen LogP contribution in [0, 0.1) is 5.92 Å². The van der Waals surface area contributed by atoms with Gasteiger partial charge in [-0.15, -0.1) is 0 Å². The normalized spacial score (nSPS) is 21.0. The van der Waals surface area contributed by atoms with Crippen LogP contribution in [0.4, 0.5) is 0 Å². The number of aliphatic carboxylic acids is 1. The Kier molecular flexibility index (Phi) is 6.99. The SMILES string of the molecule is CC(C)CC(C)OCCC(=O)N1CCCCC1C(=O)O. The van der Waals surface area contributed by atoms with Gasteiger partial charge in [0.15, 0.2) is 0 Å². The largest absolute Gasteiger partial charge is 0.480 e. The van der Waals surface area contributed by atoms with Gasteiger partial charge in [0, 0.05) is 6.54 Å².